The maximum absolute atomic E-state index is 13.8. The highest BCUT2D eigenvalue weighted by atomic mass is 32.2. The van der Waals surface area contributed by atoms with Crippen molar-refractivity contribution in [3.8, 4) is 5.75 Å². The van der Waals surface area contributed by atoms with Gasteiger partial charge in [-0.15, -0.1) is 0 Å². The molecule has 0 aliphatic rings. The van der Waals surface area contributed by atoms with E-state index in [2.05, 4.69) is 11.3 Å². The van der Waals surface area contributed by atoms with Gasteiger partial charge in [0.1, 0.15) is 22.0 Å². The molecule has 0 saturated carbocycles. The second-order valence-electron chi connectivity index (χ2n) is 4.84. The van der Waals surface area contributed by atoms with E-state index in [1.165, 1.54) is 37.5 Å². The number of carbonyl (C=O) groups is 1. The van der Waals surface area contributed by atoms with E-state index in [0.717, 1.165) is 19.2 Å². The number of benzene rings is 2. The van der Waals surface area contributed by atoms with Crippen LogP contribution in [0.25, 0.3) is 6.08 Å². The number of esters is 1. The standard InChI is InChI=1S/C17H16FNO5S/c1-4-11-9-10-13(15(16(11)23-2)17(20)24-3)19-25(21,22)14-8-6-5-7-12(14)18/h4-10,19H,1H2,2-3H3. The fourth-order valence-electron chi connectivity index (χ4n) is 2.23. The average molecular weight is 365 g/mol. The Morgan fingerprint density at radius 3 is 2.44 bits per heavy atom. The van der Waals surface area contributed by atoms with Gasteiger partial charge in [-0.05, 0) is 24.3 Å². The predicted molar refractivity (Wildman–Crippen MR) is 91.6 cm³/mol. The molecule has 6 nitrogen and oxygen atoms in total. The van der Waals surface area contributed by atoms with Gasteiger partial charge >= 0.3 is 5.97 Å². The molecule has 0 saturated heterocycles. The predicted octanol–water partition coefficient (Wildman–Crippen LogP) is 3.06. The molecule has 0 atom stereocenters. The Bertz CT molecular complexity index is 925. The zero-order valence-corrected chi connectivity index (χ0v) is 14.4. The van der Waals surface area contributed by atoms with Crippen molar-refractivity contribution in [1.29, 1.82) is 0 Å². The van der Waals surface area contributed by atoms with Gasteiger partial charge < -0.3 is 9.47 Å². The van der Waals surface area contributed by atoms with Crippen molar-refractivity contribution in [2.45, 2.75) is 4.90 Å². The molecule has 2 aromatic carbocycles. The van der Waals surface area contributed by atoms with Crippen molar-refractivity contribution in [2.24, 2.45) is 0 Å². The van der Waals surface area contributed by atoms with Gasteiger partial charge in [0.2, 0.25) is 0 Å². The van der Waals surface area contributed by atoms with Crippen LogP contribution in [0.4, 0.5) is 10.1 Å². The van der Waals surface area contributed by atoms with Gasteiger partial charge in [-0.1, -0.05) is 24.8 Å². The van der Waals surface area contributed by atoms with Crippen molar-refractivity contribution in [1.82, 2.24) is 0 Å². The largest absolute Gasteiger partial charge is 0.495 e. The Kier molecular flexibility index (Phi) is 5.43. The van der Waals surface area contributed by atoms with E-state index in [1.807, 2.05) is 0 Å². The van der Waals surface area contributed by atoms with Crippen LogP contribution in [-0.4, -0.2) is 28.6 Å². The Morgan fingerprint density at radius 1 is 1.20 bits per heavy atom. The van der Waals surface area contributed by atoms with E-state index in [0.29, 0.717) is 5.56 Å². The fourth-order valence-corrected chi connectivity index (χ4v) is 3.38. The SMILES string of the molecule is C=Cc1ccc(NS(=O)(=O)c2ccccc2F)c(C(=O)OC)c1OC. The summed E-state index contributed by atoms with van der Waals surface area (Å²) in [6.45, 7) is 3.61. The molecule has 0 unspecified atom stereocenters. The van der Waals surface area contributed by atoms with Crippen LogP contribution in [0, 0.1) is 5.82 Å². The minimum absolute atomic E-state index is 0.0931. The van der Waals surface area contributed by atoms with Crippen LogP contribution in [0.3, 0.4) is 0 Å². The lowest BCUT2D eigenvalue weighted by Gasteiger charge is -2.16. The number of rotatable bonds is 6. The van der Waals surface area contributed by atoms with Gasteiger partial charge in [0.05, 0.1) is 19.9 Å². The number of carbonyl (C=O) groups excluding carboxylic acids is 1. The molecule has 0 aliphatic heterocycles. The molecule has 0 bridgehead atoms. The molecule has 1 N–H and O–H groups in total. The van der Waals surface area contributed by atoms with E-state index in [1.54, 1.807) is 0 Å². The number of methoxy groups -OCH3 is 2. The molecule has 2 rings (SSSR count). The van der Waals surface area contributed by atoms with Gasteiger partial charge in [-0.2, -0.15) is 0 Å². The third kappa shape index (κ3) is 3.63. The van der Waals surface area contributed by atoms with Crippen molar-refractivity contribution in [3.63, 3.8) is 0 Å². The van der Waals surface area contributed by atoms with Crippen LogP contribution in [-0.2, 0) is 14.8 Å². The normalized spacial score (nSPS) is 10.8. The van der Waals surface area contributed by atoms with E-state index in [9.17, 15) is 17.6 Å². The minimum Gasteiger partial charge on any atom is -0.495 e. The average Bonchev–Trinajstić information content (AvgIpc) is 2.60. The Hall–Kier alpha value is -2.87. The lowest BCUT2D eigenvalue weighted by molar-refractivity contribution is 0.0598. The number of halogens is 1. The summed E-state index contributed by atoms with van der Waals surface area (Å²) >= 11 is 0. The van der Waals surface area contributed by atoms with E-state index in [-0.39, 0.29) is 17.0 Å². The minimum atomic E-state index is -4.27. The molecular weight excluding hydrogens is 349 g/mol. The maximum atomic E-state index is 13.8. The molecule has 0 spiro atoms. The summed E-state index contributed by atoms with van der Waals surface area (Å²) in [6.07, 6.45) is 1.44. The molecule has 0 aliphatic carbocycles. The van der Waals surface area contributed by atoms with Gasteiger partial charge in [0, 0.05) is 5.56 Å². The fraction of sp³-hybridized carbons (Fsp3) is 0.118. The van der Waals surface area contributed by atoms with Crippen LogP contribution in [0.5, 0.6) is 5.75 Å². The summed E-state index contributed by atoms with van der Waals surface area (Å²) in [6, 6.07) is 7.76. The van der Waals surface area contributed by atoms with Crippen molar-refractivity contribution in [2.75, 3.05) is 18.9 Å². The quantitative estimate of drug-likeness (QED) is 0.796. The number of ether oxygens (including phenoxy) is 2. The second kappa shape index (κ2) is 7.35. The smallest absolute Gasteiger partial charge is 0.343 e. The Morgan fingerprint density at radius 2 is 1.88 bits per heavy atom. The molecule has 25 heavy (non-hydrogen) atoms. The molecule has 0 amide bonds. The summed E-state index contributed by atoms with van der Waals surface area (Å²) in [7, 11) is -1.79. The summed E-state index contributed by atoms with van der Waals surface area (Å²) in [5.74, 6) is -1.63. The van der Waals surface area contributed by atoms with E-state index in [4.69, 9.17) is 9.47 Å². The first-order valence-electron chi connectivity index (χ1n) is 7.04. The van der Waals surface area contributed by atoms with Gasteiger partial charge in [-0.3, -0.25) is 4.72 Å². The first-order valence-corrected chi connectivity index (χ1v) is 8.53. The summed E-state index contributed by atoms with van der Waals surface area (Å²) < 4.78 is 50.9. The topological polar surface area (TPSA) is 81.7 Å². The number of nitrogens with one attached hydrogen (secondary N) is 1. The first-order chi connectivity index (χ1) is 11.9. The summed E-state index contributed by atoms with van der Waals surface area (Å²) in [5.41, 5.74) is 0.233. The Balaban J connectivity index is 2.62. The summed E-state index contributed by atoms with van der Waals surface area (Å²) in [4.78, 5) is 11.6. The molecule has 0 aromatic heterocycles. The van der Waals surface area contributed by atoms with Crippen molar-refractivity contribution in [3.05, 3.63) is 59.9 Å². The lowest BCUT2D eigenvalue weighted by atomic mass is 10.1. The van der Waals surface area contributed by atoms with Crippen LogP contribution in [0.15, 0.2) is 47.9 Å². The maximum Gasteiger partial charge on any atom is 0.343 e. The highest BCUT2D eigenvalue weighted by Gasteiger charge is 2.25. The molecule has 132 valence electrons. The third-order valence-electron chi connectivity index (χ3n) is 3.37. The van der Waals surface area contributed by atoms with Crippen molar-refractivity contribution >= 4 is 27.8 Å². The first kappa shape index (κ1) is 18.5. The zero-order chi connectivity index (χ0) is 18.6. The number of hydrogen-bond donors (Lipinski definition) is 1. The number of anilines is 1. The number of sulfonamides is 1. The van der Waals surface area contributed by atoms with Crippen LogP contribution in [0.1, 0.15) is 15.9 Å². The van der Waals surface area contributed by atoms with Gasteiger partial charge in [0.15, 0.2) is 0 Å². The molecular formula is C17H16FNO5S. The third-order valence-corrected chi connectivity index (χ3v) is 4.77. The number of hydrogen-bond acceptors (Lipinski definition) is 5. The van der Waals surface area contributed by atoms with Crippen LogP contribution < -0.4 is 9.46 Å². The summed E-state index contributed by atoms with van der Waals surface area (Å²) in [5, 5.41) is 0. The second-order valence-corrected chi connectivity index (χ2v) is 6.49. The van der Waals surface area contributed by atoms with Crippen LogP contribution >= 0.6 is 0 Å². The molecule has 0 heterocycles. The molecule has 2 aromatic rings. The van der Waals surface area contributed by atoms with E-state index >= 15 is 0 Å². The van der Waals surface area contributed by atoms with Gasteiger partial charge in [0.25, 0.3) is 10.0 Å². The van der Waals surface area contributed by atoms with Gasteiger partial charge in [-0.25, -0.2) is 17.6 Å². The zero-order valence-electron chi connectivity index (χ0n) is 13.6. The highest BCUT2D eigenvalue weighted by molar-refractivity contribution is 7.92. The lowest BCUT2D eigenvalue weighted by Crippen LogP contribution is -2.18. The van der Waals surface area contributed by atoms with Crippen molar-refractivity contribution < 1.29 is 27.1 Å². The molecule has 8 heteroatoms. The van der Waals surface area contributed by atoms with Crippen LogP contribution in [0.2, 0.25) is 0 Å². The highest BCUT2D eigenvalue weighted by Crippen LogP contribution is 2.33. The van der Waals surface area contributed by atoms with E-state index < -0.39 is 26.7 Å². The molecule has 0 fully saturated rings. The molecule has 0 radical (unpaired) electrons. The Labute approximate surface area is 144 Å². The monoisotopic (exact) mass is 365 g/mol.